The van der Waals surface area contributed by atoms with Crippen molar-refractivity contribution in [1.29, 1.82) is 0 Å². The van der Waals surface area contributed by atoms with Gasteiger partial charge in [0.05, 0.1) is 0 Å². The molecule has 2 nitrogen and oxygen atoms in total. The van der Waals surface area contributed by atoms with Gasteiger partial charge in [0.1, 0.15) is 0 Å². The molecule has 1 atom stereocenters. The molecule has 1 spiro atoms. The second kappa shape index (κ2) is 3.35. The van der Waals surface area contributed by atoms with Crippen LogP contribution in [0.3, 0.4) is 0 Å². The first kappa shape index (κ1) is 8.52. The van der Waals surface area contributed by atoms with Gasteiger partial charge in [-0.15, -0.1) is 0 Å². The van der Waals surface area contributed by atoms with Crippen LogP contribution in [0.25, 0.3) is 0 Å². The van der Waals surface area contributed by atoms with Gasteiger partial charge in [-0.2, -0.15) is 0 Å². The van der Waals surface area contributed by atoms with Crippen LogP contribution >= 0.6 is 0 Å². The molecule has 0 aromatic carbocycles. The van der Waals surface area contributed by atoms with E-state index < -0.39 is 0 Å². The Morgan fingerprint density at radius 1 is 1.17 bits per heavy atom. The highest BCUT2D eigenvalue weighted by Gasteiger charge is 2.34. The molecule has 0 amide bonds. The largest absolute Gasteiger partial charge is 0.316 e. The molecular weight excluding hydrogens is 148 g/mol. The van der Waals surface area contributed by atoms with Crippen molar-refractivity contribution in [3.05, 3.63) is 0 Å². The van der Waals surface area contributed by atoms with Crippen LogP contribution in [-0.4, -0.2) is 38.1 Å². The third kappa shape index (κ3) is 1.64. The fourth-order valence-corrected chi connectivity index (χ4v) is 2.61. The Morgan fingerprint density at radius 3 is 2.83 bits per heavy atom. The topological polar surface area (TPSA) is 15.3 Å². The monoisotopic (exact) mass is 168 g/mol. The first-order valence-electron chi connectivity index (χ1n) is 5.20. The third-order valence-corrected chi connectivity index (χ3v) is 3.60. The fourth-order valence-electron chi connectivity index (χ4n) is 2.61. The molecule has 0 aliphatic carbocycles. The van der Waals surface area contributed by atoms with Crippen molar-refractivity contribution in [2.45, 2.75) is 25.7 Å². The number of likely N-dealkylation sites (tertiary alicyclic amines) is 1. The summed E-state index contributed by atoms with van der Waals surface area (Å²) in [6.45, 7) is 5.15. The lowest BCUT2D eigenvalue weighted by Gasteiger charge is -2.25. The Hall–Kier alpha value is -0.0800. The molecule has 2 heteroatoms. The van der Waals surface area contributed by atoms with Gasteiger partial charge >= 0.3 is 0 Å². The molecule has 1 unspecified atom stereocenters. The normalized spacial score (nSPS) is 38.8. The lowest BCUT2D eigenvalue weighted by molar-refractivity contribution is 0.268. The Balaban J connectivity index is 1.97. The van der Waals surface area contributed by atoms with Gasteiger partial charge in [-0.25, -0.2) is 0 Å². The van der Waals surface area contributed by atoms with Crippen molar-refractivity contribution >= 4 is 0 Å². The van der Waals surface area contributed by atoms with Crippen molar-refractivity contribution in [1.82, 2.24) is 10.2 Å². The van der Waals surface area contributed by atoms with E-state index >= 15 is 0 Å². The second-order valence-corrected chi connectivity index (χ2v) is 4.58. The molecule has 0 bridgehead atoms. The van der Waals surface area contributed by atoms with Crippen LogP contribution in [0.5, 0.6) is 0 Å². The SMILES string of the molecule is CN1CCCC2(CCNC2)CC1. The van der Waals surface area contributed by atoms with Crippen molar-refractivity contribution in [3.63, 3.8) is 0 Å². The molecule has 2 fully saturated rings. The van der Waals surface area contributed by atoms with Crippen molar-refractivity contribution in [2.24, 2.45) is 5.41 Å². The van der Waals surface area contributed by atoms with Gasteiger partial charge in [-0.3, -0.25) is 0 Å². The van der Waals surface area contributed by atoms with Gasteiger partial charge < -0.3 is 10.2 Å². The fraction of sp³-hybridized carbons (Fsp3) is 1.00. The predicted octanol–water partition coefficient (Wildman–Crippen LogP) is 1.08. The van der Waals surface area contributed by atoms with Gasteiger partial charge in [0.2, 0.25) is 0 Å². The number of nitrogens with zero attached hydrogens (tertiary/aromatic N) is 1. The van der Waals surface area contributed by atoms with Gasteiger partial charge in [0.15, 0.2) is 0 Å². The number of hydrogen-bond donors (Lipinski definition) is 1. The molecule has 2 aliphatic rings. The highest BCUT2D eigenvalue weighted by molar-refractivity contribution is 4.89. The zero-order valence-corrected chi connectivity index (χ0v) is 8.10. The second-order valence-electron chi connectivity index (χ2n) is 4.58. The molecule has 0 radical (unpaired) electrons. The maximum atomic E-state index is 3.51. The summed E-state index contributed by atoms with van der Waals surface area (Å²) < 4.78 is 0. The van der Waals surface area contributed by atoms with Crippen LogP contribution in [0, 0.1) is 5.41 Å². The molecule has 1 N–H and O–H groups in total. The van der Waals surface area contributed by atoms with E-state index in [0.29, 0.717) is 5.41 Å². The van der Waals surface area contributed by atoms with E-state index in [0.717, 1.165) is 0 Å². The highest BCUT2D eigenvalue weighted by atomic mass is 15.1. The number of hydrogen-bond acceptors (Lipinski definition) is 2. The van der Waals surface area contributed by atoms with Gasteiger partial charge in [-0.1, -0.05) is 0 Å². The maximum absolute atomic E-state index is 3.51. The smallest absolute Gasteiger partial charge is 0.000877 e. The Labute approximate surface area is 75.3 Å². The van der Waals surface area contributed by atoms with Crippen LogP contribution < -0.4 is 5.32 Å². The van der Waals surface area contributed by atoms with E-state index in [1.54, 1.807) is 0 Å². The summed E-state index contributed by atoms with van der Waals surface area (Å²) in [4.78, 5) is 2.48. The Morgan fingerprint density at radius 2 is 2.08 bits per heavy atom. The summed E-state index contributed by atoms with van der Waals surface area (Å²) in [6, 6.07) is 0. The summed E-state index contributed by atoms with van der Waals surface area (Å²) in [5.74, 6) is 0. The van der Waals surface area contributed by atoms with E-state index in [9.17, 15) is 0 Å². The van der Waals surface area contributed by atoms with E-state index in [1.807, 2.05) is 0 Å². The van der Waals surface area contributed by atoms with Gasteiger partial charge in [0.25, 0.3) is 0 Å². The lowest BCUT2D eigenvalue weighted by atomic mass is 9.80. The summed E-state index contributed by atoms with van der Waals surface area (Å²) >= 11 is 0. The quantitative estimate of drug-likeness (QED) is 0.582. The third-order valence-electron chi connectivity index (χ3n) is 3.60. The first-order chi connectivity index (χ1) is 5.81. The van der Waals surface area contributed by atoms with E-state index in [4.69, 9.17) is 0 Å². The maximum Gasteiger partial charge on any atom is 0.000877 e. The summed E-state index contributed by atoms with van der Waals surface area (Å²) in [7, 11) is 2.25. The van der Waals surface area contributed by atoms with E-state index in [-0.39, 0.29) is 0 Å². The van der Waals surface area contributed by atoms with Crippen molar-refractivity contribution in [3.8, 4) is 0 Å². The predicted molar refractivity (Wildman–Crippen MR) is 51.3 cm³/mol. The first-order valence-corrected chi connectivity index (χ1v) is 5.20. The average Bonchev–Trinajstić information content (AvgIpc) is 2.42. The number of rotatable bonds is 0. The summed E-state index contributed by atoms with van der Waals surface area (Å²) in [5, 5.41) is 3.51. The zero-order chi connectivity index (χ0) is 8.44. The van der Waals surface area contributed by atoms with Crippen LogP contribution in [-0.2, 0) is 0 Å². The average molecular weight is 168 g/mol. The Kier molecular flexibility index (Phi) is 2.37. The van der Waals surface area contributed by atoms with Crippen LogP contribution in [0.2, 0.25) is 0 Å². The van der Waals surface area contributed by atoms with E-state index in [1.165, 1.54) is 51.9 Å². The molecule has 2 saturated heterocycles. The molecule has 0 aromatic rings. The van der Waals surface area contributed by atoms with Gasteiger partial charge in [0, 0.05) is 6.54 Å². The van der Waals surface area contributed by atoms with Crippen molar-refractivity contribution < 1.29 is 0 Å². The standard InChI is InChI=1S/C10H20N2/c1-12-7-2-3-10(5-8-12)4-6-11-9-10/h11H,2-9H2,1H3. The molecule has 70 valence electrons. The number of nitrogens with one attached hydrogen (secondary N) is 1. The molecule has 12 heavy (non-hydrogen) atoms. The van der Waals surface area contributed by atoms with Crippen LogP contribution in [0.15, 0.2) is 0 Å². The molecule has 2 heterocycles. The van der Waals surface area contributed by atoms with Crippen LogP contribution in [0.4, 0.5) is 0 Å². The molecule has 0 saturated carbocycles. The molecule has 0 aromatic heterocycles. The minimum absolute atomic E-state index is 0.685. The van der Waals surface area contributed by atoms with Gasteiger partial charge in [-0.05, 0) is 57.8 Å². The minimum atomic E-state index is 0.685. The van der Waals surface area contributed by atoms with E-state index in [2.05, 4.69) is 17.3 Å². The Bertz CT molecular complexity index is 150. The lowest BCUT2D eigenvalue weighted by Crippen LogP contribution is -2.26. The molecular formula is C10H20N2. The van der Waals surface area contributed by atoms with Crippen LogP contribution in [0.1, 0.15) is 25.7 Å². The highest BCUT2D eigenvalue weighted by Crippen LogP contribution is 2.36. The minimum Gasteiger partial charge on any atom is -0.316 e. The molecule has 2 rings (SSSR count). The summed E-state index contributed by atoms with van der Waals surface area (Å²) in [6.07, 6.45) is 5.68. The van der Waals surface area contributed by atoms with Crippen molar-refractivity contribution in [2.75, 3.05) is 33.2 Å². The summed E-state index contributed by atoms with van der Waals surface area (Å²) in [5.41, 5.74) is 0.685. The molecule has 2 aliphatic heterocycles. The zero-order valence-electron chi connectivity index (χ0n) is 8.10.